The lowest BCUT2D eigenvalue weighted by Gasteiger charge is -2.35. The van der Waals surface area contributed by atoms with Gasteiger partial charge in [-0.1, -0.05) is 0 Å². The number of aryl methyl sites for hydroxylation is 2. The topological polar surface area (TPSA) is 75.2 Å². The molecule has 25 heavy (non-hydrogen) atoms. The van der Waals surface area contributed by atoms with E-state index in [0.29, 0.717) is 12.2 Å². The highest BCUT2D eigenvalue weighted by atomic mass is 16.2. The van der Waals surface area contributed by atoms with E-state index in [9.17, 15) is 9.59 Å². The maximum absolute atomic E-state index is 12.7. The predicted molar refractivity (Wildman–Crippen MR) is 94.9 cm³/mol. The molecule has 0 saturated carbocycles. The Labute approximate surface area is 147 Å². The van der Waals surface area contributed by atoms with E-state index in [1.165, 1.54) is 6.20 Å². The number of carbonyl (C=O) groups excluding carboxylic acids is 2. The summed E-state index contributed by atoms with van der Waals surface area (Å²) >= 11 is 0. The lowest BCUT2D eigenvalue weighted by molar-refractivity contribution is -0.145. The van der Waals surface area contributed by atoms with Crippen LogP contribution in [-0.2, 0) is 9.59 Å². The van der Waals surface area contributed by atoms with Crippen LogP contribution in [-0.4, -0.2) is 33.2 Å². The number of hydrogen-bond donors (Lipinski definition) is 1. The van der Waals surface area contributed by atoms with E-state index in [-0.39, 0.29) is 6.04 Å². The van der Waals surface area contributed by atoms with E-state index in [1.54, 1.807) is 23.4 Å². The van der Waals surface area contributed by atoms with E-state index in [4.69, 9.17) is 0 Å². The van der Waals surface area contributed by atoms with Gasteiger partial charge in [0.25, 0.3) is 0 Å². The first kappa shape index (κ1) is 17.1. The molecule has 3 rings (SSSR count). The molecule has 0 aliphatic carbocycles. The molecular formula is C19H22N4O2. The van der Waals surface area contributed by atoms with Crippen molar-refractivity contribution in [3.8, 4) is 0 Å². The Bertz CT molecular complexity index is 790. The molecule has 1 aliphatic heterocycles. The maximum Gasteiger partial charge on any atom is 0.313 e. The second-order valence-electron chi connectivity index (χ2n) is 6.45. The summed E-state index contributed by atoms with van der Waals surface area (Å²) in [5.41, 5.74) is 3.40. The SMILES string of the molecule is Cc1cncc(NC(=O)C(=O)N2CCCC[C@H]2c2ccnc(C)c2)c1. The largest absolute Gasteiger partial charge is 0.327 e. The zero-order valence-electron chi connectivity index (χ0n) is 14.5. The van der Waals surface area contributed by atoms with Crippen LogP contribution in [0.4, 0.5) is 5.69 Å². The highest BCUT2D eigenvalue weighted by molar-refractivity contribution is 6.39. The predicted octanol–water partition coefficient (Wildman–Crippen LogP) is 2.79. The third kappa shape index (κ3) is 4.02. The first-order valence-electron chi connectivity index (χ1n) is 8.51. The maximum atomic E-state index is 12.7. The van der Waals surface area contributed by atoms with Crippen LogP contribution in [0.15, 0.2) is 36.8 Å². The molecule has 0 spiro atoms. The van der Waals surface area contributed by atoms with Gasteiger partial charge in [-0.15, -0.1) is 0 Å². The van der Waals surface area contributed by atoms with Crippen molar-refractivity contribution in [2.24, 2.45) is 0 Å². The van der Waals surface area contributed by atoms with Crippen molar-refractivity contribution in [2.75, 3.05) is 11.9 Å². The summed E-state index contributed by atoms with van der Waals surface area (Å²) in [6.07, 6.45) is 7.79. The summed E-state index contributed by atoms with van der Waals surface area (Å²) in [4.78, 5) is 35.1. The average Bonchev–Trinajstić information content (AvgIpc) is 2.61. The molecule has 1 aliphatic rings. The molecule has 2 aromatic rings. The Kier molecular flexibility index (Phi) is 5.07. The Morgan fingerprint density at radius 2 is 2.04 bits per heavy atom. The molecule has 1 saturated heterocycles. The van der Waals surface area contributed by atoms with Crippen molar-refractivity contribution in [1.82, 2.24) is 14.9 Å². The second-order valence-corrected chi connectivity index (χ2v) is 6.45. The average molecular weight is 338 g/mol. The number of pyridine rings is 2. The number of amides is 2. The van der Waals surface area contributed by atoms with Crippen molar-refractivity contribution in [3.05, 3.63) is 53.6 Å². The Morgan fingerprint density at radius 1 is 1.20 bits per heavy atom. The van der Waals surface area contributed by atoms with Gasteiger partial charge in [-0.3, -0.25) is 19.6 Å². The van der Waals surface area contributed by atoms with E-state index >= 15 is 0 Å². The van der Waals surface area contributed by atoms with Gasteiger partial charge in [0.05, 0.1) is 17.9 Å². The standard InChI is InChI=1S/C19H22N4O2/c1-13-9-16(12-20-11-13)22-18(24)19(25)23-8-4-3-5-17(23)15-6-7-21-14(2)10-15/h6-7,9-12,17H,3-5,8H2,1-2H3,(H,22,24)/t17-/m0/s1. The molecule has 1 atom stereocenters. The molecule has 6 nitrogen and oxygen atoms in total. The van der Waals surface area contributed by atoms with Crippen LogP contribution in [0.2, 0.25) is 0 Å². The molecular weight excluding hydrogens is 316 g/mol. The van der Waals surface area contributed by atoms with E-state index in [2.05, 4.69) is 15.3 Å². The summed E-state index contributed by atoms with van der Waals surface area (Å²) in [6.45, 7) is 4.40. The van der Waals surface area contributed by atoms with Gasteiger partial charge < -0.3 is 10.2 Å². The van der Waals surface area contributed by atoms with E-state index in [1.807, 2.05) is 26.0 Å². The van der Waals surface area contributed by atoms with Gasteiger partial charge in [-0.25, -0.2) is 0 Å². The molecule has 2 aromatic heterocycles. The van der Waals surface area contributed by atoms with Gasteiger partial charge in [-0.2, -0.15) is 0 Å². The zero-order valence-corrected chi connectivity index (χ0v) is 14.5. The Morgan fingerprint density at radius 3 is 2.80 bits per heavy atom. The molecule has 6 heteroatoms. The lowest BCUT2D eigenvalue weighted by atomic mass is 9.95. The molecule has 130 valence electrons. The number of rotatable bonds is 2. The lowest BCUT2D eigenvalue weighted by Crippen LogP contribution is -2.44. The van der Waals surface area contributed by atoms with E-state index < -0.39 is 11.8 Å². The Hall–Kier alpha value is -2.76. The molecule has 2 amide bonds. The molecule has 0 radical (unpaired) electrons. The summed E-state index contributed by atoms with van der Waals surface area (Å²) in [7, 11) is 0. The first-order chi connectivity index (χ1) is 12.0. The highest BCUT2D eigenvalue weighted by Gasteiger charge is 2.31. The number of nitrogens with one attached hydrogen (secondary N) is 1. The van der Waals surface area contributed by atoms with Crippen molar-refractivity contribution in [3.63, 3.8) is 0 Å². The van der Waals surface area contributed by atoms with Gasteiger partial charge in [0.15, 0.2) is 0 Å². The fraction of sp³-hybridized carbons (Fsp3) is 0.368. The van der Waals surface area contributed by atoms with Gasteiger partial charge in [0, 0.05) is 24.6 Å². The summed E-state index contributed by atoms with van der Waals surface area (Å²) in [5.74, 6) is -1.12. The number of nitrogens with zero attached hydrogens (tertiary/aromatic N) is 3. The van der Waals surface area contributed by atoms with Crippen LogP contribution in [0.3, 0.4) is 0 Å². The third-order valence-electron chi connectivity index (χ3n) is 4.40. The number of anilines is 1. The summed E-state index contributed by atoms with van der Waals surface area (Å²) in [5, 5.41) is 2.66. The minimum atomic E-state index is -0.620. The van der Waals surface area contributed by atoms with Crippen molar-refractivity contribution >= 4 is 17.5 Å². The smallest absolute Gasteiger partial charge is 0.313 e. The number of aromatic nitrogens is 2. The van der Waals surface area contributed by atoms with Crippen LogP contribution in [0.25, 0.3) is 0 Å². The number of piperidine rings is 1. The summed E-state index contributed by atoms with van der Waals surface area (Å²) in [6, 6.07) is 5.62. The van der Waals surface area contributed by atoms with Crippen molar-refractivity contribution in [2.45, 2.75) is 39.2 Å². The van der Waals surface area contributed by atoms with Crippen LogP contribution in [0, 0.1) is 13.8 Å². The number of carbonyl (C=O) groups is 2. The fourth-order valence-electron chi connectivity index (χ4n) is 3.23. The van der Waals surface area contributed by atoms with Crippen LogP contribution < -0.4 is 5.32 Å². The zero-order chi connectivity index (χ0) is 17.8. The minimum Gasteiger partial charge on any atom is -0.327 e. The first-order valence-corrected chi connectivity index (χ1v) is 8.51. The van der Waals surface area contributed by atoms with Crippen molar-refractivity contribution in [1.29, 1.82) is 0 Å². The van der Waals surface area contributed by atoms with E-state index in [0.717, 1.165) is 36.1 Å². The number of likely N-dealkylation sites (tertiary alicyclic amines) is 1. The fourth-order valence-corrected chi connectivity index (χ4v) is 3.23. The van der Waals surface area contributed by atoms with Gasteiger partial charge in [-0.05, 0) is 62.4 Å². The second kappa shape index (κ2) is 7.42. The van der Waals surface area contributed by atoms with Crippen LogP contribution in [0.1, 0.15) is 42.1 Å². The van der Waals surface area contributed by atoms with Crippen LogP contribution >= 0.6 is 0 Å². The third-order valence-corrected chi connectivity index (χ3v) is 4.40. The normalized spacial score (nSPS) is 17.2. The molecule has 3 heterocycles. The number of hydrogen-bond acceptors (Lipinski definition) is 4. The highest BCUT2D eigenvalue weighted by Crippen LogP contribution is 2.31. The molecule has 1 N–H and O–H groups in total. The van der Waals surface area contributed by atoms with Gasteiger partial charge in [0.2, 0.25) is 0 Å². The molecule has 0 unspecified atom stereocenters. The van der Waals surface area contributed by atoms with Gasteiger partial charge >= 0.3 is 11.8 Å². The van der Waals surface area contributed by atoms with Crippen molar-refractivity contribution < 1.29 is 9.59 Å². The van der Waals surface area contributed by atoms with Crippen LogP contribution in [0.5, 0.6) is 0 Å². The minimum absolute atomic E-state index is 0.0793. The molecule has 0 aromatic carbocycles. The Balaban J connectivity index is 1.77. The monoisotopic (exact) mass is 338 g/mol. The molecule has 1 fully saturated rings. The molecule has 0 bridgehead atoms. The quantitative estimate of drug-likeness (QED) is 0.855. The summed E-state index contributed by atoms with van der Waals surface area (Å²) < 4.78 is 0. The van der Waals surface area contributed by atoms with Gasteiger partial charge in [0.1, 0.15) is 0 Å².